The Kier molecular flexibility index (Phi) is 4.21. The molecule has 126 valence electrons. The number of morpholine rings is 1. The quantitative estimate of drug-likeness (QED) is 0.939. The van der Waals surface area contributed by atoms with Crippen LogP contribution in [-0.2, 0) is 11.3 Å². The third kappa shape index (κ3) is 3.43. The molecule has 0 bridgehead atoms. The van der Waals surface area contributed by atoms with Crippen molar-refractivity contribution in [2.24, 2.45) is 5.92 Å². The number of amides is 2. The lowest BCUT2D eigenvalue weighted by atomic mass is 10.1. The Morgan fingerprint density at radius 3 is 2.83 bits per heavy atom. The maximum absolute atomic E-state index is 12.6. The average molecular weight is 326 g/mol. The van der Waals surface area contributed by atoms with Crippen LogP contribution in [-0.4, -0.2) is 46.5 Å². The van der Waals surface area contributed by atoms with E-state index in [2.05, 4.69) is 10.4 Å². The van der Waals surface area contributed by atoms with Crippen molar-refractivity contribution in [3.8, 4) is 0 Å². The summed E-state index contributed by atoms with van der Waals surface area (Å²) in [5.41, 5.74) is 1.98. The fourth-order valence-electron chi connectivity index (χ4n) is 3.22. The number of benzene rings is 1. The van der Waals surface area contributed by atoms with Crippen LogP contribution in [0.3, 0.4) is 0 Å². The molecule has 1 aromatic heterocycles. The molecule has 1 aliphatic carbocycles. The Morgan fingerprint density at radius 2 is 2.12 bits per heavy atom. The first kappa shape index (κ1) is 15.2. The van der Waals surface area contributed by atoms with Gasteiger partial charge in [0.15, 0.2) is 0 Å². The molecule has 4 rings (SSSR count). The van der Waals surface area contributed by atoms with Crippen molar-refractivity contribution in [2.45, 2.75) is 25.4 Å². The average Bonchev–Trinajstić information content (AvgIpc) is 3.34. The van der Waals surface area contributed by atoms with Crippen LogP contribution >= 0.6 is 0 Å². The summed E-state index contributed by atoms with van der Waals surface area (Å²) >= 11 is 0. The zero-order valence-electron chi connectivity index (χ0n) is 13.6. The van der Waals surface area contributed by atoms with Gasteiger partial charge < -0.3 is 15.0 Å². The molecular formula is C18H22N4O2. The zero-order valence-corrected chi connectivity index (χ0v) is 13.6. The SMILES string of the molecule is O=C(Nc1ccc(Cn2cccn2)cc1)N1CCOC[C@H]1C1CC1. The minimum absolute atomic E-state index is 0.0185. The molecule has 0 unspecified atom stereocenters. The summed E-state index contributed by atoms with van der Waals surface area (Å²) in [4.78, 5) is 14.5. The van der Waals surface area contributed by atoms with E-state index in [4.69, 9.17) is 4.74 Å². The minimum atomic E-state index is -0.0185. The van der Waals surface area contributed by atoms with E-state index in [-0.39, 0.29) is 12.1 Å². The van der Waals surface area contributed by atoms with Gasteiger partial charge in [-0.15, -0.1) is 0 Å². The molecule has 1 aliphatic heterocycles. The Labute approximate surface area is 141 Å². The lowest BCUT2D eigenvalue weighted by molar-refractivity contribution is 0.00773. The van der Waals surface area contributed by atoms with Gasteiger partial charge in [-0.05, 0) is 42.5 Å². The number of anilines is 1. The number of nitrogens with zero attached hydrogens (tertiary/aromatic N) is 3. The maximum atomic E-state index is 12.6. The molecule has 1 atom stereocenters. The van der Waals surface area contributed by atoms with Crippen LogP contribution in [0.2, 0.25) is 0 Å². The molecule has 6 nitrogen and oxygen atoms in total. The standard InChI is InChI=1S/C18H22N4O2/c23-18(22-10-11-24-13-17(22)15-4-5-15)20-16-6-2-14(3-7-16)12-21-9-1-8-19-21/h1-3,6-9,15,17H,4-5,10-13H2,(H,20,23)/t17-/m0/s1. The maximum Gasteiger partial charge on any atom is 0.322 e. The van der Waals surface area contributed by atoms with Crippen LogP contribution in [0.15, 0.2) is 42.7 Å². The van der Waals surface area contributed by atoms with Crippen molar-refractivity contribution >= 4 is 11.7 Å². The first-order valence-electron chi connectivity index (χ1n) is 8.51. The van der Waals surface area contributed by atoms with Gasteiger partial charge in [-0.1, -0.05) is 12.1 Å². The zero-order chi connectivity index (χ0) is 16.4. The molecule has 0 radical (unpaired) electrons. The number of carbonyl (C=O) groups is 1. The van der Waals surface area contributed by atoms with E-state index in [1.807, 2.05) is 46.1 Å². The van der Waals surface area contributed by atoms with E-state index in [9.17, 15) is 4.79 Å². The lowest BCUT2D eigenvalue weighted by Gasteiger charge is -2.35. The molecule has 2 fully saturated rings. The van der Waals surface area contributed by atoms with Gasteiger partial charge in [-0.2, -0.15) is 5.10 Å². The normalized spacial score (nSPS) is 20.8. The summed E-state index contributed by atoms with van der Waals surface area (Å²) in [5, 5.41) is 7.22. The Hall–Kier alpha value is -2.34. The van der Waals surface area contributed by atoms with E-state index < -0.39 is 0 Å². The first-order valence-corrected chi connectivity index (χ1v) is 8.51. The van der Waals surface area contributed by atoms with Gasteiger partial charge >= 0.3 is 6.03 Å². The van der Waals surface area contributed by atoms with E-state index in [0.717, 1.165) is 17.8 Å². The third-order valence-electron chi connectivity index (χ3n) is 4.70. The number of urea groups is 1. The summed E-state index contributed by atoms with van der Waals surface area (Å²) in [5.74, 6) is 0.618. The molecular weight excluding hydrogens is 304 g/mol. The number of nitrogens with one attached hydrogen (secondary N) is 1. The fourth-order valence-corrected chi connectivity index (χ4v) is 3.22. The highest BCUT2D eigenvalue weighted by molar-refractivity contribution is 5.89. The molecule has 2 aliphatic rings. The van der Waals surface area contributed by atoms with Gasteiger partial charge in [0, 0.05) is 24.6 Å². The number of aromatic nitrogens is 2. The molecule has 0 spiro atoms. The van der Waals surface area contributed by atoms with E-state index >= 15 is 0 Å². The van der Waals surface area contributed by atoms with E-state index in [1.54, 1.807) is 6.20 Å². The highest BCUT2D eigenvalue weighted by atomic mass is 16.5. The second-order valence-corrected chi connectivity index (χ2v) is 6.50. The Morgan fingerprint density at radius 1 is 1.29 bits per heavy atom. The molecule has 2 heterocycles. The fraction of sp³-hybridized carbons (Fsp3) is 0.444. The molecule has 2 amide bonds. The predicted octanol–water partition coefficient (Wildman–Crippen LogP) is 2.57. The van der Waals surface area contributed by atoms with Crippen molar-refractivity contribution in [1.29, 1.82) is 0 Å². The van der Waals surface area contributed by atoms with Crippen molar-refractivity contribution < 1.29 is 9.53 Å². The van der Waals surface area contributed by atoms with Crippen LogP contribution in [0, 0.1) is 5.92 Å². The highest BCUT2D eigenvalue weighted by Gasteiger charge is 2.39. The summed E-state index contributed by atoms with van der Waals surface area (Å²) in [6.45, 7) is 2.69. The van der Waals surface area contributed by atoms with Crippen molar-refractivity contribution in [3.63, 3.8) is 0 Å². The van der Waals surface area contributed by atoms with Gasteiger partial charge in [-0.3, -0.25) is 4.68 Å². The Bertz CT molecular complexity index is 680. The van der Waals surface area contributed by atoms with Gasteiger partial charge in [-0.25, -0.2) is 4.79 Å². The van der Waals surface area contributed by atoms with Crippen LogP contribution in [0.1, 0.15) is 18.4 Å². The second-order valence-electron chi connectivity index (χ2n) is 6.50. The highest BCUT2D eigenvalue weighted by Crippen LogP contribution is 2.36. The van der Waals surface area contributed by atoms with Crippen LogP contribution in [0.4, 0.5) is 10.5 Å². The molecule has 1 saturated carbocycles. The number of hydrogen-bond acceptors (Lipinski definition) is 3. The molecule has 24 heavy (non-hydrogen) atoms. The monoisotopic (exact) mass is 326 g/mol. The molecule has 1 saturated heterocycles. The third-order valence-corrected chi connectivity index (χ3v) is 4.70. The first-order chi connectivity index (χ1) is 11.8. The van der Waals surface area contributed by atoms with Gasteiger partial charge in [0.25, 0.3) is 0 Å². The largest absolute Gasteiger partial charge is 0.377 e. The number of ether oxygens (including phenoxy) is 1. The summed E-state index contributed by atoms with van der Waals surface area (Å²) in [7, 11) is 0. The van der Waals surface area contributed by atoms with Gasteiger partial charge in [0.2, 0.25) is 0 Å². The smallest absolute Gasteiger partial charge is 0.322 e. The molecule has 1 aromatic carbocycles. The van der Waals surface area contributed by atoms with Crippen molar-refractivity contribution in [3.05, 3.63) is 48.3 Å². The van der Waals surface area contributed by atoms with E-state index in [1.165, 1.54) is 12.8 Å². The van der Waals surface area contributed by atoms with Crippen molar-refractivity contribution in [1.82, 2.24) is 14.7 Å². The predicted molar refractivity (Wildman–Crippen MR) is 90.8 cm³/mol. The van der Waals surface area contributed by atoms with Crippen LogP contribution < -0.4 is 5.32 Å². The summed E-state index contributed by atoms with van der Waals surface area (Å²) < 4.78 is 7.43. The number of rotatable bonds is 4. The molecule has 1 N–H and O–H groups in total. The number of hydrogen-bond donors (Lipinski definition) is 1. The molecule has 2 aromatic rings. The van der Waals surface area contributed by atoms with Crippen LogP contribution in [0.5, 0.6) is 0 Å². The van der Waals surface area contributed by atoms with Crippen molar-refractivity contribution in [2.75, 3.05) is 25.1 Å². The molecule has 6 heteroatoms. The van der Waals surface area contributed by atoms with Crippen LogP contribution in [0.25, 0.3) is 0 Å². The minimum Gasteiger partial charge on any atom is -0.377 e. The lowest BCUT2D eigenvalue weighted by Crippen LogP contribution is -2.51. The summed E-state index contributed by atoms with van der Waals surface area (Å²) in [6.07, 6.45) is 6.12. The second kappa shape index (κ2) is 6.65. The topological polar surface area (TPSA) is 59.4 Å². The van der Waals surface area contributed by atoms with E-state index in [0.29, 0.717) is 25.7 Å². The van der Waals surface area contributed by atoms with Gasteiger partial charge in [0.05, 0.1) is 25.8 Å². The Balaban J connectivity index is 1.38. The number of carbonyl (C=O) groups excluding carboxylic acids is 1. The summed E-state index contributed by atoms with van der Waals surface area (Å²) in [6, 6.07) is 10.1. The van der Waals surface area contributed by atoms with Gasteiger partial charge in [0.1, 0.15) is 0 Å².